The fourth-order valence-electron chi connectivity index (χ4n) is 6.40. The largest absolute Gasteiger partial charge is 0.472 e. The van der Waals surface area contributed by atoms with Crippen molar-refractivity contribution in [3.63, 3.8) is 0 Å². The number of rotatable bonds is 42. The standard InChI is InChI=1S/C49H91N2O6P/c1-6-8-10-12-14-16-18-19-20-21-22-23-24-25-26-27-28-29-30-31-33-35-37-39-41-43-49(53)50-47(46-57-58(54,55)56-45-44-51(3,4)5)48(52)42-40-38-36-34-32-17-15-13-11-9-7-2/h11,13,18-19,21-22,32,34,40,42,47-48,52H,6-10,12,14-17,20,23-31,33,35-39,41,43-46H2,1-5H3,(H-,50,53,54,55)/p+1/b13-11+,19-18-,22-21-,34-32+,42-40+. The zero-order chi connectivity index (χ0) is 42.8. The average molecular weight is 836 g/mol. The SMILES string of the molecule is CCC/C=C/CC/C=C/CC/C=C/C(O)C(COP(=O)(O)OCC[N+](C)(C)C)NC(=O)CCCCCCCCCCCCCCC/C=C\C/C=C\CCCCCCC. The van der Waals surface area contributed by atoms with Crippen molar-refractivity contribution in [1.82, 2.24) is 5.32 Å². The Hall–Kier alpha value is -1.80. The molecule has 58 heavy (non-hydrogen) atoms. The number of unbranched alkanes of at least 4 members (excludes halogenated alkanes) is 21. The lowest BCUT2D eigenvalue weighted by atomic mass is 10.0. The number of likely N-dealkylation sites (N-methyl/N-ethyl adjacent to an activating group) is 1. The topological polar surface area (TPSA) is 105 Å². The summed E-state index contributed by atoms with van der Waals surface area (Å²) in [5, 5.41) is 13.8. The predicted molar refractivity (Wildman–Crippen MR) is 249 cm³/mol. The van der Waals surface area contributed by atoms with Crippen LogP contribution in [0.2, 0.25) is 0 Å². The number of nitrogens with one attached hydrogen (secondary N) is 1. The molecule has 0 heterocycles. The van der Waals surface area contributed by atoms with Crippen molar-refractivity contribution in [2.24, 2.45) is 0 Å². The van der Waals surface area contributed by atoms with Gasteiger partial charge in [-0.1, -0.05) is 177 Å². The second-order valence-corrected chi connectivity index (χ2v) is 18.6. The maximum absolute atomic E-state index is 12.9. The number of carbonyl (C=O) groups is 1. The Morgan fingerprint density at radius 2 is 1.03 bits per heavy atom. The Balaban J connectivity index is 4.23. The second-order valence-electron chi connectivity index (χ2n) is 17.1. The van der Waals surface area contributed by atoms with E-state index in [-0.39, 0.29) is 19.1 Å². The van der Waals surface area contributed by atoms with E-state index in [1.807, 2.05) is 27.2 Å². The first-order valence-corrected chi connectivity index (χ1v) is 25.2. The van der Waals surface area contributed by atoms with Gasteiger partial charge in [0.05, 0.1) is 39.9 Å². The van der Waals surface area contributed by atoms with Crippen LogP contribution >= 0.6 is 7.82 Å². The molecule has 8 nitrogen and oxygen atoms in total. The first kappa shape index (κ1) is 56.2. The number of carbonyl (C=O) groups excluding carboxylic acids is 1. The summed E-state index contributed by atoms with van der Waals surface area (Å²) in [7, 11) is 1.54. The highest BCUT2D eigenvalue weighted by Gasteiger charge is 2.27. The molecule has 3 unspecified atom stereocenters. The summed E-state index contributed by atoms with van der Waals surface area (Å²) in [6.45, 7) is 4.69. The van der Waals surface area contributed by atoms with Gasteiger partial charge in [0.1, 0.15) is 13.2 Å². The number of phosphoric ester groups is 1. The number of hydrogen-bond acceptors (Lipinski definition) is 5. The number of amides is 1. The van der Waals surface area contributed by atoms with Crippen LogP contribution in [0.25, 0.3) is 0 Å². The molecule has 0 rings (SSSR count). The Morgan fingerprint density at radius 1 is 0.586 bits per heavy atom. The van der Waals surface area contributed by atoms with Crippen LogP contribution in [-0.4, -0.2) is 73.4 Å². The lowest BCUT2D eigenvalue weighted by molar-refractivity contribution is -0.870. The zero-order valence-corrected chi connectivity index (χ0v) is 39.2. The van der Waals surface area contributed by atoms with Crippen molar-refractivity contribution in [2.45, 2.75) is 206 Å². The number of nitrogens with zero attached hydrogens (tertiary/aromatic N) is 1. The van der Waals surface area contributed by atoms with E-state index in [2.05, 4.69) is 67.8 Å². The smallest absolute Gasteiger partial charge is 0.387 e. The summed E-state index contributed by atoms with van der Waals surface area (Å²) < 4.78 is 23.5. The molecule has 3 N–H and O–H groups in total. The highest BCUT2D eigenvalue weighted by atomic mass is 31.2. The number of phosphoric acid groups is 1. The van der Waals surface area contributed by atoms with E-state index in [0.29, 0.717) is 17.4 Å². The molecule has 3 atom stereocenters. The minimum atomic E-state index is -4.35. The van der Waals surface area contributed by atoms with E-state index in [9.17, 15) is 19.4 Å². The maximum Gasteiger partial charge on any atom is 0.472 e. The molecule has 0 aliphatic rings. The molecule has 0 radical (unpaired) electrons. The van der Waals surface area contributed by atoms with E-state index in [1.165, 1.54) is 116 Å². The molecule has 0 spiro atoms. The number of aliphatic hydroxyl groups excluding tert-OH is 1. The Morgan fingerprint density at radius 3 is 1.53 bits per heavy atom. The first-order valence-electron chi connectivity index (χ1n) is 23.7. The molecule has 0 saturated carbocycles. The molecule has 0 aliphatic carbocycles. The van der Waals surface area contributed by atoms with E-state index in [4.69, 9.17) is 9.05 Å². The van der Waals surface area contributed by atoms with Crippen molar-refractivity contribution in [1.29, 1.82) is 0 Å². The van der Waals surface area contributed by atoms with Crippen molar-refractivity contribution < 1.29 is 32.9 Å². The minimum Gasteiger partial charge on any atom is -0.387 e. The van der Waals surface area contributed by atoms with Crippen molar-refractivity contribution in [2.75, 3.05) is 40.9 Å². The Kier molecular flexibility index (Phi) is 39.3. The number of allylic oxidation sites excluding steroid dienone is 9. The van der Waals surface area contributed by atoms with Crippen LogP contribution in [-0.2, 0) is 18.4 Å². The normalized spacial score (nSPS) is 14.8. The van der Waals surface area contributed by atoms with Gasteiger partial charge >= 0.3 is 7.82 Å². The monoisotopic (exact) mass is 836 g/mol. The van der Waals surface area contributed by atoms with Crippen molar-refractivity contribution in [3.05, 3.63) is 60.8 Å². The van der Waals surface area contributed by atoms with Crippen LogP contribution < -0.4 is 5.32 Å². The van der Waals surface area contributed by atoms with Crippen LogP contribution in [0.15, 0.2) is 60.8 Å². The first-order chi connectivity index (χ1) is 28.0. The highest BCUT2D eigenvalue weighted by Crippen LogP contribution is 2.43. The molecule has 0 fully saturated rings. The molecule has 0 aromatic carbocycles. The Labute approximate surface area is 358 Å². The van der Waals surface area contributed by atoms with E-state index in [1.54, 1.807) is 6.08 Å². The number of hydrogen-bond donors (Lipinski definition) is 3. The predicted octanol–water partition coefficient (Wildman–Crippen LogP) is 13.4. The molecule has 0 saturated heterocycles. The molecule has 0 aromatic rings. The summed E-state index contributed by atoms with van der Waals surface area (Å²) in [4.78, 5) is 23.1. The third kappa shape index (κ3) is 42.3. The summed E-state index contributed by atoms with van der Waals surface area (Å²) in [6.07, 6.45) is 53.1. The fourth-order valence-corrected chi connectivity index (χ4v) is 7.14. The molecule has 0 aromatic heterocycles. The van der Waals surface area contributed by atoms with Crippen LogP contribution in [0, 0.1) is 0 Å². The summed E-state index contributed by atoms with van der Waals surface area (Å²) in [6, 6.07) is -0.870. The summed E-state index contributed by atoms with van der Waals surface area (Å²) in [5.41, 5.74) is 0. The molecular formula is C49H92N2O6P+. The quantitative estimate of drug-likeness (QED) is 0.0245. The van der Waals surface area contributed by atoms with Crippen LogP contribution in [0.1, 0.15) is 194 Å². The summed E-state index contributed by atoms with van der Waals surface area (Å²) >= 11 is 0. The van der Waals surface area contributed by atoms with Gasteiger partial charge in [0.2, 0.25) is 5.91 Å². The molecular weight excluding hydrogens is 744 g/mol. The van der Waals surface area contributed by atoms with Crippen molar-refractivity contribution >= 4 is 13.7 Å². The fraction of sp³-hybridized carbons (Fsp3) is 0.776. The third-order valence-electron chi connectivity index (χ3n) is 10.2. The van der Waals surface area contributed by atoms with Gasteiger partial charge in [0, 0.05) is 6.42 Å². The van der Waals surface area contributed by atoms with Gasteiger partial charge < -0.3 is 19.8 Å². The molecule has 338 valence electrons. The number of aliphatic hydroxyl groups is 1. The zero-order valence-electron chi connectivity index (χ0n) is 38.3. The van der Waals surface area contributed by atoms with E-state index < -0.39 is 20.0 Å². The van der Waals surface area contributed by atoms with Crippen LogP contribution in [0.5, 0.6) is 0 Å². The Bertz CT molecular complexity index is 1130. The van der Waals surface area contributed by atoms with Gasteiger partial charge in [-0.2, -0.15) is 0 Å². The van der Waals surface area contributed by atoms with Gasteiger partial charge in [0.25, 0.3) is 0 Å². The minimum absolute atomic E-state index is 0.0515. The van der Waals surface area contributed by atoms with Gasteiger partial charge in [0.15, 0.2) is 0 Å². The van der Waals surface area contributed by atoms with Crippen LogP contribution in [0.4, 0.5) is 0 Å². The van der Waals surface area contributed by atoms with Gasteiger partial charge in [-0.05, 0) is 70.6 Å². The highest BCUT2D eigenvalue weighted by molar-refractivity contribution is 7.47. The average Bonchev–Trinajstić information content (AvgIpc) is 3.17. The molecule has 0 bridgehead atoms. The van der Waals surface area contributed by atoms with Crippen molar-refractivity contribution in [3.8, 4) is 0 Å². The molecule has 0 aliphatic heterocycles. The van der Waals surface area contributed by atoms with Gasteiger partial charge in [-0.25, -0.2) is 4.57 Å². The molecule has 1 amide bonds. The molecule has 9 heteroatoms. The second kappa shape index (κ2) is 40.6. The third-order valence-corrected chi connectivity index (χ3v) is 11.2. The summed E-state index contributed by atoms with van der Waals surface area (Å²) in [5.74, 6) is -0.196. The number of quaternary nitrogens is 1. The van der Waals surface area contributed by atoms with E-state index >= 15 is 0 Å². The van der Waals surface area contributed by atoms with Gasteiger partial charge in [-0.15, -0.1) is 0 Å². The van der Waals surface area contributed by atoms with Crippen LogP contribution in [0.3, 0.4) is 0 Å². The van der Waals surface area contributed by atoms with Gasteiger partial charge in [-0.3, -0.25) is 13.8 Å². The maximum atomic E-state index is 12.9. The van der Waals surface area contributed by atoms with E-state index in [0.717, 1.165) is 57.8 Å². The lowest BCUT2D eigenvalue weighted by Crippen LogP contribution is -2.45. The lowest BCUT2D eigenvalue weighted by Gasteiger charge is -2.25.